The van der Waals surface area contributed by atoms with Gasteiger partial charge >= 0.3 is 23.1 Å². The molecule has 7 nitrogen and oxygen atoms in total. The molecule has 0 radical (unpaired) electrons. The van der Waals surface area contributed by atoms with Gasteiger partial charge in [0, 0.05) is 11.8 Å². The van der Waals surface area contributed by atoms with E-state index in [0.29, 0.717) is 40.5 Å². The zero-order valence-electron chi connectivity index (χ0n) is 23.5. The number of fused-ring (bicyclic) bond motifs is 1. The molecular formula is C26H44O7SSi2. The van der Waals surface area contributed by atoms with Gasteiger partial charge in [0.25, 0.3) is 0 Å². The molecule has 0 bridgehead atoms. The molecule has 2 aliphatic rings. The normalized spacial score (nSPS) is 25.6. The second-order valence-electron chi connectivity index (χ2n) is 10.9. The van der Waals surface area contributed by atoms with Crippen molar-refractivity contribution in [3.63, 3.8) is 0 Å². The van der Waals surface area contributed by atoms with Gasteiger partial charge in [-0.25, -0.2) is 4.79 Å². The van der Waals surface area contributed by atoms with Crippen LogP contribution >= 0.6 is 11.8 Å². The van der Waals surface area contributed by atoms with E-state index < -0.39 is 29.2 Å². The van der Waals surface area contributed by atoms with Crippen molar-refractivity contribution >= 4 is 34.9 Å². The number of hydrogen-bond donors (Lipinski definition) is 0. The van der Waals surface area contributed by atoms with Crippen molar-refractivity contribution in [2.75, 3.05) is 26.6 Å². The lowest BCUT2D eigenvalue weighted by Crippen LogP contribution is -2.65. The van der Waals surface area contributed by atoms with Crippen molar-refractivity contribution in [2.24, 2.45) is 0 Å². The average molecular weight is 557 g/mol. The average Bonchev–Trinajstić information content (AvgIpc) is 3.17. The minimum absolute atomic E-state index is 0.0817. The number of thioether (sulfide) groups is 1. The molecule has 0 N–H and O–H groups in total. The summed E-state index contributed by atoms with van der Waals surface area (Å²) in [5.41, 5.74) is 1.39. The Morgan fingerprint density at radius 3 is 2.08 bits per heavy atom. The summed E-state index contributed by atoms with van der Waals surface area (Å²) in [7, 11) is -2.25. The van der Waals surface area contributed by atoms with Crippen LogP contribution in [-0.2, 0) is 17.7 Å². The first-order chi connectivity index (χ1) is 16.9. The zero-order chi connectivity index (χ0) is 26.8. The number of carbonyl (C=O) groups is 1. The summed E-state index contributed by atoms with van der Waals surface area (Å²) in [5.74, 6) is 1.26. The third-order valence-electron chi connectivity index (χ3n) is 7.43. The Morgan fingerprint density at radius 2 is 1.56 bits per heavy atom. The molecule has 3 rings (SSSR count). The van der Waals surface area contributed by atoms with Crippen molar-refractivity contribution < 1.29 is 32.0 Å². The van der Waals surface area contributed by atoms with Gasteiger partial charge in [0.2, 0.25) is 0 Å². The second-order valence-corrected chi connectivity index (χ2v) is 21.1. The summed E-state index contributed by atoms with van der Waals surface area (Å²) in [6, 6.07) is 5.10. The van der Waals surface area contributed by atoms with Crippen molar-refractivity contribution in [1.82, 2.24) is 0 Å². The van der Waals surface area contributed by atoms with Crippen LogP contribution in [0.4, 0.5) is 0 Å². The Balaban J connectivity index is 1.94. The highest BCUT2D eigenvalue weighted by Gasteiger charge is 2.60. The van der Waals surface area contributed by atoms with E-state index in [-0.39, 0.29) is 22.4 Å². The predicted molar refractivity (Wildman–Crippen MR) is 149 cm³/mol. The lowest BCUT2D eigenvalue weighted by Gasteiger charge is -2.51. The van der Waals surface area contributed by atoms with Crippen LogP contribution in [0.2, 0.25) is 22.2 Å². The molecule has 0 unspecified atom stereocenters. The zero-order valence-corrected chi connectivity index (χ0v) is 26.3. The van der Waals surface area contributed by atoms with Gasteiger partial charge in [-0.05, 0) is 34.3 Å². The van der Waals surface area contributed by atoms with Crippen LogP contribution in [0.5, 0.6) is 11.5 Å². The van der Waals surface area contributed by atoms with E-state index in [1.54, 1.807) is 37.1 Å². The Bertz CT molecular complexity index is 892. The van der Waals surface area contributed by atoms with E-state index in [1.165, 1.54) is 7.11 Å². The van der Waals surface area contributed by atoms with Crippen molar-refractivity contribution in [3.05, 3.63) is 23.8 Å². The highest BCUT2D eigenvalue weighted by Crippen LogP contribution is 2.48. The fraction of sp³-hybridized carbons (Fsp3) is 0.731. The summed E-state index contributed by atoms with van der Waals surface area (Å²) in [5, 5.41) is 0.0817. The SMILES string of the molecule is COc1ccc(C(=O)O[C@H]2CS[C@@H]3CO[Si](C(C)C)(C(C)C)O[Si](C(C)C)(C(C)C)O[C@@H]23)c(OC)c1. The molecule has 10 heteroatoms. The van der Waals surface area contributed by atoms with E-state index in [0.717, 1.165) is 0 Å². The summed E-state index contributed by atoms with van der Waals surface area (Å²) in [4.78, 5) is 13.3. The number of rotatable bonds is 8. The van der Waals surface area contributed by atoms with Gasteiger partial charge in [0.1, 0.15) is 23.2 Å². The van der Waals surface area contributed by atoms with Crippen LogP contribution in [-0.4, -0.2) is 67.1 Å². The largest absolute Gasteiger partial charge is 0.497 e. The number of hydrogen-bond acceptors (Lipinski definition) is 8. The first-order valence-electron chi connectivity index (χ1n) is 13.0. The van der Waals surface area contributed by atoms with Crippen LogP contribution in [0.25, 0.3) is 0 Å². The second kappa shape index (κ2) is 11.8. The standard InChI is InChI=1S/C26H44O7SSi2/c1-16(2)35(17(3)4)30-14-24-25(32-36(33-35,18(5)6)19(7)8)23(15-34-24)31-26(27)21-12-11-20(28-9)13-22(21)29-10/h11-13,16-19,23-25H,14-15H2,1-10H3/t23-,24+,25-/m0/s1. The molecule has 0 spiro atoms. The first-order valence-corrected chi connectivity index (χ1v) is 18.0. The Hall–Kier alpha value is -1.05. The van der Waals surface area contributed by atoms with Crippen molar-refractivity contribution in [2.45, 2.75) is 95.0 Å². The summed E-state index contributed by atoms with van der Waals surface area (Å²) >= 11 is 1.77. The molecule has 1 aromatic rings. The Morgan fingerprint density at radius 1 is 0.944 bits per heavy atom. The lowest BCUT2D eigenvalue weighted by atomic mass is 10.1. The third-order valence-corrected chi connectivity index (χ3v) is 19.0. The number of ether oxygens (including phenoxy) is 3. The highest BCUT2D eigenvalue weighted by molar-refractivity contribution is 8.00. The van der Waals surface area contributed by atoms with E-state index >= 15 is 0 Å². The van der Waals surface area contributed by atoms with Gasteiger partial charge < -0.3 is 27.2 Å². The number of benzene rings is 1. The topological polar surface area (TPSA) is 72.5 Å². The Kier molecular flexibility index (Phi) is 9.65. The van der Waals surface area contributed by atoms with Gasteiger partial charge in [-0.2, -0.15) is 0 Å². The maximum atomic E-state index is 13.3. The molecule has 2 fully saturated rings. The van der Waals surface area contributed by atoms with E-state index in [1.807, 2.05) is 0 Å². The van der Waals surface area contributed by atoms with Gasteiger partial charge in [0.15, 0.2) is 0 Å². The van der Waals surface area contributed by atoms with Crippen LogP contribution < -0.4 is 9.47 Å². The van der Waals surface area contributed by atoms with Gasteiger partial charge in [-0.15, -0.1) is 11.8 Å². The summed E-state index contributed by atoms with van der Waals surface area (Å²) < 4.78 is 38.0. The van der Waals surface area contributed by atoms with Crippen molar-refractivity contribution in [1.29, 1.82) is 0 Å². The van der Waals surface area contributed by atoms with Gasteiger partial charge in [-0.1, -0.05) is 55.4 Å². The van der Waals surface area contributed by atoms with Crippen LogP contribution in [0, 0.1) is 0 Å². The molecule has 2 heterocycles. The minimum Gasteiger partial charge on any atom is -0.497 e. The number of esters is 1. The fourth-order valence-corrected chi connectivity index (χ4v) is 18.1. The number of methoxy groups -OCH3 is 2. The smallest absolute Gasteiger partial charge is 0.342 e. The van der Waals surface area contributed by atoms with E-state index in [9.17, 15) is 4.79 Å². The molecule has 1 aromatic carbocycles. The molecule has 36 heavy (non-hydrogen) atoms. The molecule has 0 aliphatic carbocycles. The van der Waals surface area contributed by atoms with Crippen molar-refractivity contribution in [3.8, 4) is 11.5 Å². The maximum Gasteiger partial charge on any atom is 0.342 e. The van der Waals surface area contributed by atoms with Gasteiger partial charge in [0.05, 0.1) is 32.2 Å². The van der Waals surface area contributed by atoms with Gasteiger partial charge in [-0.3, -0.25) is 0 Å². The van der Waals surface area contributed by atoms with E-state index in [2.05, 4.69) is 55.4 Å². The maximum absolute atomic E-state index is 13.3. The molecule has 204 valence electrons. The van der Waals surface area contributed by atoms with Crippen LogP contribution in [0.15, 0.2) is 18.2 Å². The molecule has 0 aromatic heterocycles. The fourth-order valence-electron chi connectivity index (χ4n) is 5.35. The molecule has 2 saturated heterocycles. The summed E-state index contributed by atoms with van der Waals surface area (Å²) in [6.45, 7) is 18.2. The molecule has 3 atom stereocenters. The lowest BCUT2D eigenvalue weighted by molar-refractivity contribution is -0.0190. The van der Waals surface area contributed by atoms with Crippen LogP contribution in [0.1, 0.15) is 65.7 Å². The predicted octanol–water partition coefficient (Wildman–Crippen LogP) is 6.30. The third kappa shape index (κ3) is 5.54. The Labute approximate surface area is 223 Å². The van der Waals surface area contributed by atoms with Crippen LogP contribution in [0.3, 0.4) is 0 Å². The highest BCUT2D eigenvalue weighted by atomic mass is 32.2. The summed E-state index contributed by atoms with van der Waals surface area (Å²) in [6.07, 6.45) is -0.686. The first kappa shape index (κ1) is 29.5. The monoisotopic (exact) mass is 556 g/mol. The molecule has 0 amide bonds. The number of carbonyl (C=O) groups excluding carboxylic acids is 1. The van der Waals surface area contributed by atoms with E-state index in [4.69, 9.17) is 27.2 Å². The molecule has 0 saturated carbocycles. The molecular weight excluding hydrogens is 513 g/mol. The molecule has 2 aliphatic heterocycles. The quantitative estimate of drug-likeness (QED) is 0.273. The minimum atomic E-state index is -2.78.